The number of aryl methyl sites for hydroxylation is 1. The molecule has 4 nitrogen and oxygen atoms in total. The van der Waals surface area contributed by atoms with Crippen LogP contribution in [0.5, 0.6) is 0 Å². The number of carbonyl (C=O) groups is 2. The van der Waals surface area contributed by atoms with Crippen LogP contribution in [-0.2, 0) is 4.79 Å². The fraction of sp³-hybridized carbons (Fsp3) is 0.500. The standard InChI is InChI=1S/C16H23ClN2O2/c1-10-7-8-12(13(17)9-10)15(21)19(6)11(2)14(20)18-16(3,4)5/h7-9,11H,1-6H3,(H,18,20)/t11-/m0/s1. The quantitative estimate of drug-likeness (QED) is 0.933. The number of nitrogens with one attached hydrogen (secondary N) is 1. The van der Waals surface area contributed by atoms with E-state index >= 15 is 0 Å². The molecule has 0 heterocycles. The van der Waals surface area contributed by atoms with Crippen LogP contribution in [0.3, 0.4) is 0 Å². The van der Waals surface area contributed by atoms with Crippen LogP contribution in [-0.4, -0.2) is 35.3 Å². The van der Waals surface area contributed by atoms with Crippen LogP contribution in [0.25, 0.3) is 0 Å². The summed E-state index contributed by atoms with van der Waals surface area (Å²) in [5, 5.41) is 3.26. The molecule has 5 heteroatoms. The Morgan fingerprint density at radius 1 is 1.29 bits per heavy atom. The van der Waals surface area contributed by atoms with Crippen molar-refractivity contribution in [3.63, 3.8) is 0 Å². The first kappa shape index (κ1) is 17.5. The second kappa shape index (κ2) is 6.48. The number of carbonyl (C=O) groups excluding carboxylic acids is 2. The first-order chi connectivity index (χ1) is 9.53. The van der Waals surface area contributed by atoms with E-state index in [2.05, 4.69) is 5.32 Å². The Kier molecular flexibility index (Phi) is 5.40. The summed E-state index contributed by atoms with van der Waals surface area (Å²) in [6.07, 6.45) is 0. The molecular weight excluding hydrogens is 288 g/mol. The van der Waals surface area contributed by atoms with Crippen LogP contribution in [0.15, 0.2) is 18.2 Å². The first-order valence-corrected chi connectivity index (χ1v) is 7.26. The molecule has 21 heavy (non-hydrogen) atoms. The van der Waals surface area contributed by atoms with Crippen LogP contribution in [0.4, 0.5) is 0 Å². The molecule has 0 aliphatic carbocycles. The molecule has 0 aliphatic heterocycles. The molecule has 1 rings (SSSR count). The van der Waals surface area contributed by atoms with Crippen LogP contribution in [0.1, 0.15) is 43.6 Å². The maximum atomic E-state index is 12.4. The van der Waals surface area contributed by atoms with Crippen molar-refractivity contribution in [2.45, 2.75) is 46.2 Å². The van der Waals surface area contributed by atoms with Crippen LogP contribution < -0.4 is 5.32 Å². The highest BCUT2D eigenvalue weighted by molar-refractivity contribution is 6.33. The van der Waals surface area contributed by atoms with Crippen molar-refractivity contribution in [3.05, 3.63) is 34.3 Å². The maximum absolute atomic E-state index is 12.4. The molecule has 0 fully saturated rings. The summed E-state index contributed by atoms with van der Waals surface area (Å²) in [6, 6.07) is 4.68. The van der Waals surface area contributed by atoms with Gasteiger partial charge in [0, 0.05) is 12.6 Å². The normalized spacial score (nSPS) is 12.7. The Morgan fingerprint density at radius 3 is 2.33 bits per heavy atom. The lowest BCUT2D eigenvalue weighted by Crippen LogP contribution is -2.51. The molecule has 2 amide bonds. The van der Waals surface area contributed by atoms with Crippen molar-refractivity contribution < 1.29 is 9.59 Å². The van der Waals surface area contributed by atoms with Gasteiger partial charge in [0.1, 0.15) is 6.04 Å². The van der Waals surface area contributed by atoms with Gasteiger partial charge in [-0.2, -0.15) is 0 Å². The van der Waals surface area contributed by atoms with Crippen molar-refractivity contribution >= 4 is 23.4 Å². The van der Waals surface area contributed by atoms with Crippen LogP contribution >= 0.6 is 11.6 Å². The number of halogens is 1. The first-order valence-electron chi connectivity index (χ1n) is 6.88. The molecule has 0 spiro atoms. The zero-order valence-electron chi connectivity index (χ0n) is 13.5. The highest BCUT2D eigenvalue weighted by Crippen LogP contribution is 2.20. The van der Waals surface area contributed by atoms with Crippen molar-refractivity contribution in [2.24, 2.45) is 0 Å². The van der Waals surface area contributed by atoms with E-state index in [9.17, 15) is 9.59 Å². The molecule has 0 saturated heterocycles. The minimum Gasteiger partial charge on any atom is -0.350 e. The molecule has 0 saturated carbocycles. The van der Waals surface area contributed by atoms with Gasteiger partial charge in [-0.1, -0.05) is 17.7 Å². The van der Waals surface area contributed by atoms with Crippen LogP contribution in [0, 0.1) is 6.92 Å². The summed E-state index contributed by atoms with van der Waals surface area (Å²) in [5.74, 6) is -0.460. The van der Waals surface area contributed by atoms with Gasteiger partial charge in [0.15, 0.2) is 0 Å². The number of hydrogen-bond acceptors (Lipinski definition) is 2. The largest absolute Gasteiger partial charge is 0.350 e. The number of rotatable bonds is 3. The number of nitrogens with zero attached hydrogens (tertiary/aromatic N) is 1. The van der Waals surface area contributed by atoms with E-state index in [-0.39, 0.29) is 17.4 Å². The van der Waals surface area contributed by atoms with Gasteiger partial charge in [-0.15, -0.1) is 0 Å². The summed E-state index contributed by atoms with van der Waals surface area (Å²) in [4.78, 5) is 26.0. The second-order valence-corrected chi connectivity index (χ2v) is 6.72. The molecule has 1 aromatic carbocycles. The summed E-state index contributed by atoms with van der Waals surface area (Å²) in [7, 11) is 1.60. The van der Waals surface area contributed by atoms with Gasteiger partial charge in [0.25, 0.3) is 5.91 Å². The topological polar surface area (TPSA) is 49.4 Å². The van der Waals surface area contributed by atoms with Crippen molar-refractivity contribution in [1.29, 1.82) is 0 Å². The Bertz CT molecular complexity index is 550. The van der Waals surface area contributed by atoms with E-state index in [0.717, 1.165) is 5.56 Å². The zero-order valence-corrected chi connectivity index (χ0v) is 14.2. The Balaban J connectivity index is 2.89. The molecule has 0 radical (unpaired) electrons. The third-order valence-corrected chi connectivity index (χ3v) is 3.45. The lowest BCUT2D eigenvalue weighted by Gasteiger charge is -2.28. The molecule has 1 N–H and O–H groups in total. The molecule has 0 aromatic heterocycles. The van der Waals surface area contributed by atoms with Crippen LogP contribution in [0.2, 0.25) is 5.02 Å². The van der Waals surface area contributed by atoms with E-state index in [0.29, 0.717) is 10.6 Å². The third kappa shape index (κ3) is 4.74. The minimum absolute atomic E-state index is 0.193. The van der Waals surface area contributed by atoms with Gasteiger partial charge >= 0.3 is 0 Å². The van der Waals surface area contributed by atoms with Gasteiger partial charge in [-0.25, -0.2) is 0 Å². The van der Waals surface area contributed by atoms with Crippen molar-refractivity contribution in [3.8, 4) is 0 Å². The summed E-state index contributed by atoms with van der Waals surface area (Å²) >= 11 is 6.11. The van der Waals surface area contributed by atoms with E-state index in [1.165, 1.54) is 4.90 Å². The highest BCUT2D eigenvalue weighted by atomic mass is 35.5. The van der Waals surface area contributed by atoms with E-state index in [1.54, 1.807) is 26.1 Å². The predicted molar refractivity (Wildman–Crippen MR) is 85.6 cm³/mol. The SMILES string of the molecule is Cc1ccc(C(=O)N(C)[C@@H](C)C(=O)NC(C)(C)C)c(Cl)c1. The molecule has 0 aliphatic rings. The van der Waals surface area contributed by atoms with Crippen molar-refractivity contribution in [1.82, 2.24) is 10.2 Å². The maximum Gasteiger partial charge on any atom is 0.255 e. The Labute approximate surface area is 131 Å². The van der Waals surface area contributed by atoms with E-state index < -0.39 is 6.04 Å². The zero-order chi connectivity index (χ0) is 16.4. The van der Waals surface area contributed by atoms with Gasteiger partial charge in [-0.05, 0) is 52.3 Å². The van der Waals surface area contributed by atoms with Gasteiger partial charge in [-0.3, -0.25) is 9.59 Å². The number of amides is 2. The molecule has 0 bridgehead atoms. The van der Waals surface area contributed by atoms with Gasteiger partial charge < -0.3 is 10.2 Å². The summed E-state index contributed by atoms with van der Waals surface area (Å²) in [5.41, 5.74) is 1.05. The lowest BCUT2D eigenvalue weighted by atomic mass is 10.1. The van der Waals surface area contributed by atoms with E-state index in [1.807, 2.05) is 33.8 Å². The average molecular weight is 311 g/mol. The molecule has 1 atom stereocenters. The number of hydrogen-bond donors (Lipinski definition) is 1. The second-order valence-electron chi connectivity index (χ2n) is 6.31. The summed E-state index contributed by atoms with van der Waals surface area (Å²) in [6.45, 7) is 9.30. The molecular formula is C16H23ClN2O2. The summed E-state index contributed by atoms with van der Waals surface area (Å²) < 4.78 is 0. The average Bonchev–Trinajstić information content (AvgIpc) is 2.34. The predicted octanol–water partition coefficient (Wildman–Crippen LogP) is 3.02. The monoisotopic (exact) mass is 310 g/mol. The number of likely N-dealkylation sites (N-methyl/N-ethyl adjacent to an activating group) is 1. The van der Waals surface area contributed by atoms with Gasteiger partial charge in [0.05, 0.1) is 10.6 Å². The van der Waals surface area contributed by atoms with E-state index in [4.69, 9.17) is 11.6 Å². The molecule has 0 unspecified atom stereocenters. The molecule has 116 valence electrons. The lowest BCUT2D eigenvalue weighted by molar-refractivity contribution is -0.126. The minimum atomic E-state index is -0.575. The third-order valence-electron chi connectivity index (χ3n) is 3.13. The van der Waals surface area contributed by atoms with Crippen molar-refractivity contribution in [2.75, 3.05) is 7.05 Å². The fourth-order valence-electron chi connectivity index (χ4n) is 1.81. The highest BCUT2D eigenvalue weighted by Gasteiger charge is 2.26. The fourth-order valence-corrected chi connectivity index (χ4v) is 2.13. The molecule has 1 aromatic rings. The number of benzene rings is 1. The Hall–Kier alpha value is -1.55. The smallest absolute Gasteiger partial charge is 0.255 e. The Morgan fingerprint density at radius 2 is 1.86 bits per heavy atom. The van der Waals surface area contributed by atoms with Gasteiger partial charge in [0.2, 0.25) is 5.91 Å².